The van der Waals surface area contributed by atoms with Crippen LogP contribution in [0.25, 0.3) is 11.1 Å². The number of anilines is 1. The summed E-state index contributed by atoms with van der Waals surface area (Å²) in [7, 11) is 1.75. The maximum atomic E-state index is 10.3. The van der Waals surface area contributed by atoms with E-state index < -0.39 is 0 Å². The van der Waals surface area contributed by atoms with Gasteiger partial charge in [0, 0.05) is 23.2 Å². The summed E-state index contributed by atoms with van der Waals surface area (Å²) < 4.78 is 1.56. The molecule has 0 radical (unpaired) electrons. The van der Waals surface area contributed by atoms with Crippen molar-refractivity contribution in [1.82, 2.24) is 9.78 Å². The second kappa shape index (κ2) is 4.53. The number of hydrogen-bond acceptors (Lipinski definition) is 3. The molecule has 5 heteroatoms. The Balaban J connectivity index is 2.68. The van der Waals surface area contributed by atoms with Crippen LogP contribution in [-0.4, -0.2) is 14.9 Å². The van der Waals surface area contributed by atoms with Gasteiger partial charge in [0.2, 0.25) is 0 Å². The number of aryl methyl sites for hydroxylation is 1. The van der Waals surface area contributed by atoms with Gasteiger partial charge in [-0.3, -0.25) is 4.68 Å². The smallest absolute Gasteiger partial charge is 0.129 e. The lowest BCUT2D eigenvalue weighted by atomic mass is 9.96. The zero-order valence-corrected chi connectivity index (χ0v) is 11.4. The third-order valence-corrected chi connectivity index (χ3v) is 3.22. The molecular weight excluding hydrogens is 250 g/mol. The monoisotopic (exact) mass is 265 g/mol. The molecular formula is C13H16ClN3O. The lowest BCUT2D eigenvalue weighted by Gasteiger charge is -2.13. The summed E-state index contributed by atoms with van der Waals surface area (Å²) in [5, 5.41) is 15.0. The van der Waals surface area contributed by atoms with Gasteiger partial charge in [0.25, 0.3) is 0 Å². The quantitative estimate of drug-likeness (QED) is 0.877. The van der Waals surface area contributed by atoms with Gasteiger partial charge in [-0.25, -0.2) is 0 Å². The second-order valence-corrected chi connectivity index (χ2v) is 5.05. The van der Waals surface area contributed by atoms with Crippen molar-refractivity contribution in [2.75, 3.05) is 5.73 Å². The van der Waals surface area contributed by atoms with Crippen LogP contribution in [0.2, 0.25) is 5.02 Å². The summed E-state index contributed by atoms with van der Waals surface area (Å²) in [5.41, 5.74) is 8.05. The van der Waals surface area contributed by atoms with Crippen LogP contribution in [-0.2, 0) is 7.05 Å². The predicted octanol–water partition coefficient (Wildman–Crippen LogP) is 3.15. The van der Waals surface area contributed by atoms with Crippen LogP contribution < -0.4 is 5.73 Å². The number of halogens is 1. The molecule has 0 saturated carbocycles. The average Bonchev–Trinajstić information content (AvgIpc) is 2.62. The molecule has 1 aromatic carbocycles. The molecule has 0 aliphatic rings. The molecule has 18 heavy (non-hydrogen) atoms. The van der Waals surface area contributed by atoms with Crippen LogP contribution in [0.15, 0.2) is 18.3 Å². The lowest BCUT2D eigenvalue weighted by molar-refractivity contribution is 0.467. The summed E-state index contributed by atoms with van der Waals surface area (Å²) in [6.45, 7) is 4.00. The van der Waals surface area contributed by atoms with Crippen molar-refractivity contribution < 1.29 is 5.11 Å². The molecule has 0 atom stereocenters. The van der Waals surface area contributed by atoms with Gasteiger partial charge in [-0.2, -0.15) is 5.10 Å². The fourth-order valence-corrected chi connectivity index (χ4v) is 2.15. The standard InChI is InChI=1S/C13H16ClN3O/c1-7(2)9-4-8(14)5-10(12(9)18)11-6-16-17(3)13(11)15/h4-7,18H,15H2,1-3H3. The maximum absolute atomic E-state index is 10.3. The van der Waals surface area contributed by atoms with E-state index in [9.17, 15) is 5.11 Å². The molecule has 0 saturated heterocycles. The van der Waals surface area contributed by atoms with Crippen LogP contribution >= 0.6 is 11.6 Å². The molecule has 4 nitrogen and oxygen atoms in total. The Morgan fingerprint density at radius 1 is 1.33 bits per heavy atom. The van der Waals surface area contributed by atoms with E-state index in [0.29, 0.717) is 22.0 Å². The van der Waals surface area contributed by atoms with E-state index >= 15 is 0 Å². The van der Waals surface area contributed by atoms with Crippen molar-refractivity contribution in [2.24, 2.45) is 7.05 Å². The van der Waals surface area contributed by atoms with Crippen molar-refractivity contribution in [2.45, 2.75) is 19.8 Å². The van der Waals surface area contributed by atoms with Crippen molar-refractivity contribution in [1.29, 1.82) is 0 Å². The molecule has 0 amide bonds. The van der Waals surface area contributed by atoms with Crippen LogP contribution in [0.3, 0.4) is 0 Å². The number of rotatable bonds is 2. The molecule has 0 aliphatic heterocycles. The Labute approximate surface area is 111 Å². The largest absolute Gasteiger partial charge is 0.507 e. The molecule has 1 heterocycles. The first-order chi connectivity index (χ1) is 8.41. The summed E-state index contributed by atoms with van der Waals surface area (Å²) >= 11 is 6.10. The Kier molecular flexibility index (Phi) is 3.22. The van der Waals surface area contributed by atoms with Gasteiger partial charge in [-0.05, 0) is 23.6 Å². The summed E-state index contributed by atoms with van der Waals surface area (Å²) in [6, 6.07) is 3.48. The molecule has 2 aromatic rings. The highest BCUT2D eigenvalue weighted by Gasteiger charge is 2.17. The molecule has 0 spiro atoms. The molecule has 1 aromatic heterocycles. The molecule has 2 rings (SSSR count). The Morgan fingerprint density at radius 2 is 2.00 bits per heavy atom. The van der Waals surface area contributed by atoms with Crippen molar-refractivity contribution in [3.05, 3.63) is 28.9 Å². The van der Waals surface area contributed by atoms with Gasteiger partial charge >= 0.3 is 0 Å². The SMILES string of the molecule is CC(C)c1cc(Cl)cc(-c2cnn(C)c2N)c1O. The Bertz CT molecular complexity index is 590. The Hall–Kier alpha value is -1.68. The number of aromatic nitrogens is 2. The molecule has 0 aliphatic carbocycles. The van der Waals surface area contributed by atoms with Crippen LogP contribution in [0, 0.1) is 0 Å². The minimum Gasteiger partial charge on any atom is -0.507 e. The number of nitrogens with two attached hydrogens (primary N) is 1. The van der Waals surface area contributed by atoms with E-state index in [0.717, 1.165) is 5.56 Å². The average molecular weight is 266 g/mol. The highest BCUT2D eigenvalue weighted by atomic mass is 35.5. The number of nitrogen functional groups attached to an aromatic ring is 1. The summed E-state index contributed by atoms with van der Waals surface area (Å²) in [5.74, 6) is 0.900. The van der Waals surface area contributed by atoms with Gasteiger partial charge in [-0.15, -0.1) is 0 Å². The number of aromatic hydroxyl groups is 1. The van der Waals surface area contributed by atoms with Gasteiger partial charge in [-0.1, -0.05) is 25.4 Å². The lowest BCUT2D eigenvalue weighted by Crippen LogP contribution is -1.98. The predicted molar refractivity (Wildman–Crippen MR) is 73.8 cm³/mol. The van der Waals surface area contributed by atoms with Crippen molar-refractivity contribution >= 4 is 17.4 Å². The summed E-state index contributed by atoms with van der Waals surface area (Å²) in [4.78, 5) is 0. The van der Waals surface area contributed by atoms with Gasteiger partial charge < -0.3 is 10.8 Å². The molecule has 3 N–H and O–H groups in total. The van der Waals surface area contributed by atoms with Gasteiger partial charge in [0.1, 0.15) is 11.6 Å². The van der Waals surface area contributed by atoms with Gasteiger partial charge in [0.15, 0.2) is 0 Å². The van der Waals surface area contributed by atoms with Gasteiger partial charge in [0.05, 0.1) is 6.20 Å². The van der Waals surface area contributed by atoms with Crippen molar-refractivity contribution in [3.63, 3.8) is 0 Å². The van der Waals surface area contributed by atoms with E-state index in [-0.39, 0.29) is 11.7 Å². The third-order valence-electron chi connectivity index (χ3n) is 3.00. The minimum atomic E-state index is 0.181. The van der Waals surface area contributed by atoms with Crippen LogP contribution in [0.4, 0.5) is 5.82 Å². The maximum Gasteiger partial charge on any atom is 0.129 e. The first kappa shape index (κ1) is 12.8. The number of nitrogens with zero attached hydrogens (tertiary/aromatic N) is 2. The zero-order valence-electron chi connectivity index (χ0n) is 10.6. The first-order valence-electron chi connectivity index (χ1n) is 5.72. The number of benzene rings is 1. The number of phenolic OH excluding ortho intramolecular Hbond substituents is 1. The van der Waals surface area contributed by atoms with Crippen LogP contribution in [0.1, 0.15) is 25.3 Å². The zero-order chi connectivity index (χ0) is 13.4. The van der Waals surface area contributed by atoms with Crippen molar-refractivity contribution in [3.8, 4) is 16.9 Å². The molecule has 96 valence electrons. The number of hydrogen-bond donors (Lipinski definition) is 2. The van der Waals surface area contributed by atoms with E-state index in [2.05, 4.69) is 5.10 Å². The fraction of sp³-hybridized carbons (Fsp3) is 0.308. The second-order valence-electron chi connectivity index (χ2n) is 4.61. The van der Waals surface area contributed by atoms with E-state index in [1.54, 1.807) is 30.1 Å². The highest BCUT2D eigenvalue weighted by Crippen LogP contribution is 2.40. The van der Waals surface area contributed by atoms with E-state index in [1.807, 2.05) is 13.8 Å². The van der Waals surface area contributed by atoms with Crippen LogP contribution in [0.5, 0.6) is 5.75 Å². The molecule has 0 fully saturated rings. The fourth-order valence-electron chi connectivity index (χ4n) is 1.92. The van der Waals surface area contributed by atoms with E-state index in [4.69, 9.17) is 17.3 Å². The minimum absolute atomic E-state index is 0.181. The third kappa shape index (κ3) is 2.04. The molecule has 0 unspecified atom stereocenters. The summed E-state index contributed by atoms with van der Waals surface area (Å²) in [6.07, 6.45) is 1.63. The number of phenols is 1. The normalized spacial score (nSPS) is 11.2. The van der Waals surface area contributed by atoms with E-state index in [1.165, 1.54) is 0 Å². The highest BCUT2D eigenvalue weighted by molar-refractivity contribution is 6.31. The first-order valence-corrected chi connectivity index (χ1v) is 6.09. The molecule has 0 bridgehead atoms. The topological polar surface area (TPSA) is 64.1 Å². The Morgan fingerprint density at radius 3 is 2.50 bits per heavy atom.